The Morgan fingerprint density at radius 2 is 1.85 bits per heavy atom. The monoisotopic (exact) mass is 354 g/mol. The summed E-state index contributed by atoms with van der Waals surface area (Å²) >= 11 is 0. The van der Waals surface area contributed by atoms with E-state index in [1.54, 1.807) is 4.90 Å². The first-order valence-corrected chi connectivity index (χ1v) is 9.34. The summed E-state index contributed by atoms with van der Waals surface area (Å²) < 4.78 is 5.69. The Morgan fingerprint density at radius 3 is 2.58 bits per heavy atom. The van der Waals surface area contributed by atoms with E-state index in [0.717, 1.165) is 36.6 Å². The van der Waals surface area contributed by atoms with Crippen LogP contribution in [-0.2, 0) is 9.59 Å². The first kappa shape index (κ1) is 18.2. The number of fused-ring (bicyclic) bond motifs is 1. The Hall–Kier alpha value is -2.56. The van der Waals surface area contributed by atoms with E-state index in [1.165, 1.54) is 0 Å². The third kappa shape index (κ3) is 4.54. The first-order valence-electron chi connectivity index (χ1n) is 9.34. The van der Waals surface area contributed by atoms with E-state index in [0.29, 0.717) is 18.8 Å². The van der Waals surface area contributed by atoms with Crippen LogP contribution in [0.15, 0.2) is 42.5 Å². The topological polar surface area (TPSA) is 58.6 Å². The highest BCUT2D eigenvalue weighted by Gasteiger charge is 2.27. The number of carbonyl (C=O) groups excluding carboxylic acids is 2. The fraction of sp³-hybridized carbons (Fsp3) is 0.429. The second-order valence-electron chi connectivity index (χ2n) is 6.74. The molecule has 2 aromatic rings. The number of benzene rings is 2. The van der Waals surface area contributed by atoms with E-state index in [-0.39, 0.29) is 24.3 Å². The van der Waals surface area contributed by atoms with Gasteiger partial charge in [-0.3, -0.25) is 9.59 Å². The second kappa shape index (κ2) is 8.70. The van der Waals surface area contributed by atoms with Gasteiger partial charge in [0.05, 0.1) is 0 Å². The van der Waals surface area contributed by atoms with Gasteiger partial charge in [-0.25, -0.2) is 0 Å². The van der Waals surface area contributed by atoms with Crippen LogP contribution in [0.2, 0.25) is 0 Å². The fourth-order valence-electron chi connectivity index (χ4n) is 3.28. The highest BCUT2D eigenvalue weighted by atomic mass is 16.5. The first-order chi connectivity index (χ1) is 12.7. The van der Waals surface area contributed by atoms with Crippen LogP contribution in [0.25, 0.3) is 10.8 Å². The van der Waals surface area contributed by atoms with Crippen molar-refractivity contribution in [2.45, 2.75) is 26.2 Å². The molecule has 0 unspecified atom stereocenters. The van der Waals surface area contributed by atoms with Crippen LogP contribution in [0.1, 0.15) is 26.2 Å². The van der Waals surface area contributed by atoms with Crippen LogP contribution >= 0.6 is 0 Å². The quantitative estimate of drug-likeness (QED) is 0.868. The zero-order valence-electron chi connectivity index (χ0n) is 15.2. The maximum atomic E-state index is 12.4. The van der Waals surface area contributed by atoms with Crippen molar-refractivity contribution in [3.63, 3.8) is 0 Å². The summed E-state index contributed by atoms with van der Waals surface area (Å²) in [5.41, 5.74) is 0. The molecule has 138 valence electrons. The van der Waals surface area contributed by atoms with Gasteiger partial charge in [0.15, 0.2) is 6.61 Å². The van der Waals surface area contributed by atoms with Gasteiger partial charge in [0.1, 0.15) is 5.75 Å². The number of piperidine rings is 1. The van der Waals surface area contributed by atoms with Gasteiger partial charge < -0.3 is 15.0 Å². The molecule has 2 amide bonds. The Labute approximate surface area is 154 Å². The third-order valence-electron chi connectivity index (χ3n) is 4.85. The van der Waals surface area contributed by atoms with E-state index in [4.69, 9.17) is 4.74 Å². The van der Waals surface area contributed by atoms with Gasteiger partial charge in [-0.1, -0.05) is 37.3 Å². The fourth-order valence-corrected chi connectivity index (χ4v) is 3.28. The molecule has 0 spiro atoms. The number of ether oxygens (including phenoxy) is 1. The van der Waals surface area contributed by atoms with Gasteiger partial charge in [-0.2, -0.15) is 0 Å². The van der Waals surface area contributed by atoms with Crippen molar-refractivity contribution in [1.82, 2.24) is 10.2 Å². The molecule has 0 atom stereocenters. The molecular weight excluding hydrogens is 328 g/mol. The number of likely N-dealkylation sites (tertiary alicyclic amines) is 1. The lowest BCUT2D eigenvalue weighted by Crippen LogP contribution is -2.44. The standard InChI is InChI=1S/C21H26N2O3/c1-2-11-22-21(25)17-9-12-23(13-10-17)20(24)15-26-19-8-7-16-5-3-4-6-18(16)14-19/h3-8,14,17H,2,9-13,15H2,1H3,(H,22,25). The van der Waals surface area contributed by atoms with Gasteiger partial charge in [0, 0.05) is 25.6 Å². The molecule has 1 fully saturated rings. The number of hydrogen-bond donors (Lipinski definition) is 1. The zero-order valence-corrected chi connectivity index (χ0v) is 15.2. The Morgan fingerprint density at radius 1 is 1.12 bits per heavy atom. The van der Waals surface area contributed by atoms with Crippen LogP contribution in [0, 0.1) is 5.92 Å². The van der Waals surface area contributed by atoms with Crippen molar-refractivity contribution in [2.24, 2.45) is 5.92 Å². The molecule has 1 heterocycles. The smallest absolute Gasteiger partial charge is 0.260 e. The molecular formula is C21H26N2O3. The molecule has 1 aliphatic heterocycles. The molecule has 0 bridgehead atoms. The van der Waals surface area contributed by atoms with Crippen LogP contribution in [0.4, 0.5) is 0 Å². The summed E-state index contributed by atoms with van der Waals surface area (Å²) in [6.07, 6.45) is 2.38. The summed E-state index contributed by atoms with van der Waals surface area (Å²) in [7, 11) is 0. The van der Waals surface area contributed by atoms with Gasteiger partial charge in [0.25, 0.3) is 5.91 Å². The van der Waals surface area contributed by atoms with Gasteiger partial charge in [-0.15, -0.1) is 0 Å². The van der Waals surface area contributed by atoms with E-state index in [9.17, 15) is 9.59 Å². The Balaban J connectivity index is 1.47. The summed E-state index contributed by atoms with van der Waals surface area (Å²) in [6.45, 7) is 4.02. The zero-order chi connectivity index (χ0) is 18.4. The molecule has 1 saturated heterocycles. The number of nitrogens with one attached hydrogen (secondary N) is 1. The van der Waals surface area contributed by atoms with Crippen molar-refractivity contribution in [3.8, 4) is 5.75 Å². The molecule has 0 radical (unpaired) electrons. The number of rotatable bonds is 6. The van der Waals surface area contributed by atoms with Crippen LogP contribution in [0.5, 0.6) is 5.75 Å². The van der Waals surface area contributed by atoms with Crippen molar-refractivity contribution in [3.05, 3.63) is 42.5 Å². The van der Waals surface area contributed by atoms with Crippen molar-refractivity contribution in [2.75, 3.05) is 26.2 Å². The van der Waals surface area contributed by atoms with Gasteiger partial charge in [0.2, 0.25) is 5.91 Å². The summed E-state index contributed by atoms with van der Waals surface area (Å²) in [5, 5.41) is 5.18. The minimum absolute atomic E-state index is 0.0204. The highest BCUT2D eigenvalue weighted by molar-refractivity contribution is 5.84. The van der Waals surface area contributed by atoms with Crippen molar-refractivity contribution in [1.29, 1.82) is 0 Å². The number of nitrogens with zero attached hydrogens (tertiary/aromatic N) is 1. The molecule has 0 saturated carbocycles. The minimum Gasteiger partial charge on any atom is -0.484 e. The van der Waals surface area contributed by atoms with E-state index >= 15 is 0 Å². The molecule has 26 heavy (non-hydrogen) atoms. The van der Waals surface area contributed by atoms with E-state index in [1.807, 2.05) is 49.4 Å². The van der Waals surface area contributed by atoms with E-state index < -0.39 is 0 Å². The molecule has 0 aliphatic carbocycles. The molecule has 1 N–H and O–H groups in total. The summed E-state index contributed by atoms with van der Waals surface area (Å²) in [5.74, 6) is 0.815. The largest absolute Gasteiger partial charge is 0.484 e. The average Bonchev–Trinajstić information content (AvgIpc) is 2.70. The maximum Gasteiger partial charge on any atom is 0.260 e. The number of amides is 2. The molecule has 5 heteroatoms. The third-order valence-corrected chi connectivity index (χ3v) is 4.85. The van der Waals surface area contributed by atoms with Gasteiger partial charge >= 0.3 is 0 Å². The van der Waals surface area contributed by atoms with Gasteiger partial charge in [-0.05, 0) is 42.2 Å². The summed E-state index contributed by atoms with van der Waals surface area (Å²) in [6, 6.07) is 13.9. The molecule has 2 aromatic carbocycles. The van der Waals surface area contributed by atoms with E-state index in [2.05, 4.69) is 5.32 Å². The number of hydrogen-bond acceptors (Lipinski definition) is 3. The SMILES string of the molecule is CCCNC(=O)C1CCN(C(=O)COc2ccc3ccccc3c2)CC1. The summed E-state index contributed by atoms with van der Waals surface area (Å²) in [4.78, 5) is 26.2. The Bertz CT molecular complexity index is 767. The predicted octanol–water partition coefficient (Wildman–Crippen LogP) is 2.98. The highest BCUT2D eigenvalue weighted by Crippen LogP contribution is 2.21. The average molecular weight is 354 g/mol. The lowest BCUT2D eigenvalue weighted by Gasteiger charge is -2.31. The molecule has 1 aliphatic rings. The van der Waals surface area contributed by atoms with Crippen molar-refractivity contribution >= 4 is 22.6 Å². The molecule has 0 aromatic heterocycles. The lowest BCUT2D eigenvalue weighted by atomic mass is 9.96. The van der Waals surface area contributed by atoms with Crippen LogP contribution < -0.4 is 10.1 Å². The Kier molecular flexibility index (Phi) is 6.10. The molecule has 3 rings (SSSR count). The van der Waals surface area contributed by atoms with Crippen LogP contribution in [-0.4, -0.2) is 43.0 Å². The predicted molar refractivity (Wildman–Crippen MR) is 102 cm³/mol. The second-order valence-corrected chi connectivity index (χ2v) is 6.74. The normalized spacial score (nSPS) is 15.0. The molecule has 5 nitrogen and oxygen atoms in total. The van der Waals surface area contributed by atoms with Crippen LogP contribution in [0.3, 0.4) is 0 Å². The maximum absolute atomic E-state index is 12.4. The minimum atomic E-state index is -0.0226. The van der Waals surface area contributed by atoms with Crippen molar-refractivity contribution < 1.29 is 14.3 Å². The number of carbonyl (C=O) groups is 2. The lowest BCUT2D eigenvalue weighted by molar-refractivity contribution is -0.137.